The smallest absolute Gasteiger partial charge is 0.261 e. The second-order valence-corrected chi connectivity index (χ2v) is 6.24. The lowest BCUT2D eigenvalue weighted by Gasteiger charge is -2.09. The van der Waals surface area contributed by atoms with E-state index in [4.69, 9.17) is 4.74 Å². The lowest BCUT2D eigenvalue weighted by molar-refractivity contribution is 0.414. The molecule has 0 saturated carbocycles. The largest absolute Gasteiger partial charge is 0.497 e. The quantitative estimate of drug-likeness (QED) is 0.778. The van der Waals surface area contributed by atoms with Crippen molar-refractivity contribution in [2.45, 2.75) is 4.90 Å². The first-order valence-corrected chi connectivity index (χ1v) is 7.81. The van der Waals surface area contributed by atoms with E-state index in [1.807, 2.05) is 18.3 Å². The Hall–Kier alpha value is -2.47. The number of aromatic nitrogens is 1. The van der Waals surface area contributed by atoms with Crippen LogP contribution in [-0.4, -0.2) is 20.5 Å². The lowest BCUT2D eigenvalue weighted by Crippen LogP contribution is -2.12. The van der Waals surface area contributed by atoms with Gasteiger partial charge in [-0.25, -0.2) is 8.42 Å². The molecule has 0 aliphatic carbocycles. The summed E-state index contributed by atoms with van der Waals surface area (Å²) in [5.41, 5.74) is 1.49. The van der Waals surface area contributed by atoms with E-state index < -0.39 is 10.0 Å². The molecule has 3 aromatic rings. The molecule has 1 heterocycles. The summed E-state index contributed by atoms with van der Waals surface area (Å²) in [6.45, 7) is 0. The highest BCUT2D eigenvalue weighted by atomic mass is 32.2. The van der Waals surface area contributed by atoms with E-state index in [9.17, 15) is 8.42 Å². The number of aromatic amines is 1. The second-order valence-electron chi connectivity index (χ2n) is 4.56. The lowest BCUT2D eigenvalue weighted by atomic mass is 10.2. The molecule has 0 saturated heterocycles. The van der Waals surface area contributed by atoms with Crippen LogP contribution in [-0.2, 0) is 10.0 Å². The molecule has 3 rings (SSSR count). The van der Waals surface area contributed by atoms with E-state index in [-0.39, 0.29) is 4.90 Å². The van der Waals surface area contributed by atoms with Gasteiger partial charge >= 0.3 is 0 Å². The van der Waals surface area contributed by atoms with Gasteiger partial charge in [0, 0.05) is 22.8 Å². The summed E-state index contributed by atoms with van der Waals surface area (Å²) >= 11 is 0. The van der Waals surface area contributed by atoms with Crippen molar-refractivity contribution in [2.24, 2.45) is 0 Å². The van der Waals surface area contributed by atoms with Gasteiger partial charge in [-0.05, 0) is 48.5 Å². The highest BCUT2D eigenvalue weighted by molar-refractivity contribution is 7.92. The third-order valence-electron chi connectivity index (χ3n) is 3.18. The first kappa shape index (κ1) is 13.5. The van der Waals surface area contributed by atoms with Crippen molar-refractivity contribution in [3.63, 3.8) is 0 Å². The van der Waals surface area contributed by atoms with Crippen LogP contribution in [0.3, 0.4) is 0 Å². The van der Waals surface area contributed by atoms with E-state index >= 15 is 0 Å². The number of sulfonamides is 1. The summed E-state index contributed by atoms with van der Waals surface area (Å²) in [5, 5.41) is 0.949. The van der Waals surface area contributed by atoms with Crippen LogP contribution in [0.2, 0.25) is 0 Å². The minimum atomic E-state index is -3.61. The third-order valence-corrected chi connectivity index (χ3v) is 4.57. The van der Waals surface area contributed by atoms with E-state index in [0.717, 1.165) is 10.9 Å². The first-order chi connectivity index (χ1) is 10.1. The minimum Gasteiger partial charge on any atom is -0.497 e. The monoisotopic (exact) mass is 302 g/mol. The molecule has 0 aliphatic rings. The minimum absolute atomic E-state index is 0.192. The molecule has 108 valence electrons. The van der Waals surface area contributed by atoms with E-state index in [0.29, 0.717) is 11.4 Å². The number of anilines is 1. The Labute approximate surface area is 122 Å². The number of hydrogen-bond acceptors (Lipinski definition) is 3. The maximum absolute atomic E-state index is 12.3. The predicted molar refractivity (Wildman–Crippen MR) is 82.1 cm³/mol. The number of methoxy groups -OCH3 is 1. The number of benzene rings is 2. The first-order valence-electron chi connectivity index (χ1n) is 6.32. The molecule has 0 bridgehead atoms. The van der Waals surface area contributed by atoms with Crippen molar-refractivity contribution in [1.29, 1.82) is 0 Å². The van der Waals surface area contributed by atoms with Crippen LogP contribution in [0.1, 0.15) is 0 Å². The number of rotatable bonds is 4. The van der Waals surface area contributed by atoms with E-state index in [2.05, 4.69) is 9.71 Å². The summed E-state index contributed by atoms with van der Waals surface area (Å²) in [4.78, 5) is 3.25. The van der Waals surface area contributed by atoms with Gasteiger partial charge in [0.1, 0.15) is 5.75 Å². The summed E-state index contributed by atoms with van der Waals surface area (Å²) < 4.78 is 32.2. The van der Waals surface area contributed by atoms with Crippen molar-refractivity contribution in [3.8, 4) is 5.75 Å². The summed E-state index contributed by atoms with van der Waals surface area (Å²) in [5.74, 6) is 0.614. The standard InChI is InChI=1S/C15H14N2O3S/c1-20-13-3-5-14(6-4-13)21(18,19)17-12-2-7-15-11(10-12)8-9-16-15/h2-10,16-17H,1H3. The van der Waals surface area contributed by atoms with Gasteiger partial charge in [0.2, 0.25) is 0 Å². The van der Waals surface area contributed by atoms with Crippen LogP contribution < -0.4 is 9.46 Å². The van der Waals surface area contributed by atoms with E-state index in [1.54, 1.807) is 24.3 Å². The fraction of sp³-hybridized carbons (Fsp3) is 0.0667. The fourth-order valence-corrected chi connectivity index (χ4v) is 3.14. The highest BCUT2D eigenvalue weighted by Gasteiger charge is 2.14. The summed E-state index contributed by atoms with van der Waals surface area (Å²) in [7, 11) is -2.07. The van der Waals surface area contributed by atoms with Crippen LogP contribution in [0.15, 0.2) is 59.6 Å². The molecule has 0 spiro atoms. The molecule has 21 heavy (non-hydrogen) atoms. The van der Waals surface area contributed by atoms with Crippen LogP contribution in [0.4, 0.5) is 5.69 Å². The van der Waals surface area contributed by atoms with Crippen molar-refractivity contribution in [3.05, 3.63) is 54.7 Å². The van der Waals surface area contributed by atoms with Crippen LogP contribution >= 0.6 is 0 Å². The van der Waals surface area contributed by atoms with Gasteiger partial charge in [0.15, 0.2) is 0 Å². The normalized spacial score (nSPS) is 11.5. The average Bonchev–Trinajstić information content (AvgIpc) is 2.94. The molecule has 0 atom stereocenters. The fourth-order valence-electron chi connectivity index (χ4n) is 2.09. The Morgan fingerprint density at radius 1 is 1.05 bits per heavy atom. The number of nitrogens with one attached hydrogen (secondary N) is 2. The maximum atomic E-state index is 12.3. The van der Waals surface area contributed by atoms with Gasteiger partial charge in [-0.1, -0.05) is 0 Å². The number of H-pyrrole nitrogens is 1. The average molecular weight is 302 g/mol. The Morgan fingerprint density at radius 2 is 1.81 bits per heavy atom. The molecular weight excluding hydrogens is 288 g/mol. The van der Waals surface area contributed by atoms with Crippen LogP contribution in [0, 0.1) is 0 Å². The zero-order valence-corrected chi connectivity index (χ0v) is 12.1. The molecule has 5 nitrogen and oxygen atoms in total. The Kier molecular flexibility index (Phi) is 3.31. The summed E-state index contributed by atoms with van der Waals surface area (Å²) in [6, 6.07) is 13.5. The van der Waals surface area contributed by atoms with Gasteiger partial charge < -0.3 is 9.72 Å². The molecule has 0 radical (unpaired) electrons. The summed E-state index contributed by atoms with van der Waals surface area (Å²) in [6.07, 6.45) is 1.81. The zero-order valence-electron chi connectivity index (χ0n) is 11.3. The molecular formula is C15H14N2O3S. The molecule has 2 N–H and O–H groups in total. The van der Waals surface area contributed by atoms with E-state index in [1.165, 1.54) is 19.2 Å². The molecule has 1 aromatic heterocycles. The molecule has 0 unspecified atom stereocenters. The van der Waals surface area contributed by atoms with Crippen molar-refractivity contribution in [1.82, 2.24) is 4.98 Å². The topological polar surface area (TPSA) is 71.2 Å². The van der Waals surface area contributed by atoms with Gasteiger partial charge in [0.25, 0.3) is 10.0 Å². The van der Waals surface area contributed by atoms with Gasteiger partial charge in [0.05, 0.1) is 12.0 Å². The maximum Gasteiger partial charge on any atom is 0.261 e. The van der Waals surface area contributed by atoms with Crippen LogP contribution in [0.5, 0.6) is 5.75 Å². The Balaban J connectivity index is 1.90. The van der Waals surface area contributed by atoms with Crippen LogP contribution in [0.25, 0.3) is 10.9 Å². The zero-order chi connectivity index (χ0) is 14.9. The highest BCUT2D eigenvalue weighted by Crippen LogP contribution is 2.22. The molecule has 0 aliphatic heterocycles. The Morgan fingerprint density at radius 3 is 2.52 bits per heavy atom. The van der Waals surface area contributed by atoms with Crippen molar-refractivity contribution in [2.75, 3.05) is 11.8 Å². The molecule has 0 fully saturated rings. The SMILES string of the molecule is COc1ccc(S(=O)(=O)Nc2ccc3[nH]ccc3c2)cc1. The molecule has 0 amide bonds. The number of ether oxygens (including phenoxy) is 1. The third kappa shape index (κ3) is 2.71. The van der Waals surface area contributed by atoms with Crippen molar-refractivity contribution >= 4 is 26.6 Å². The van der Waals surface area contributed by atoms with Gasteiger partial charge in [-0.3, -0.25) is 4.72 Å². The molecule has 2 aromatic carbocycles. The second kappa shape index (κ2) is 5.14. The number of hydrogen-bond donors (Lipinski definition) is 2. The van der Waals surface area contributed by atoms with Gasteiger partial charge in [-0.2, -0.15) is 0 Å². The van der Waals surface area contributed by atoms with Gasteiger partial charge in [-0.15, -0.1) is 0 Å². The Bertz CT molecular complexity index is 867. The molecule has 6 heteroatoms. The predicted octanol–water partition coefficient (Wildman–Crippen LogP) is 2.98. The van der Waals surface area contributed by atoms with Crippen molar-refractivity contribution < 1.29 is 13.2 Å². The number of fused-ring (bicyclic) bond motifs is 1.